The number of methoxy groups -OCH3 is 2. The topological polar surface area (TPSA) is 71.4 Å². The van der Waals surface area contributed by atoms with Crippen LogP contribution >= 0.6 is 23.5 Å². The van der Waals surface area contributed by atoms with Crippen LogP contribution in [-0.4, -0.2) is 49.3 Å². The van der Waals surface area contributed by atoms with Crippen LogP contribution in [0.5, 0.6) is 5.75 Å². The number of amides is 1. The Labute approximate surface area is 208 Å². The maximum atomic E-state index is 13.6. The molecule has 1 fully saturated rings. The normalized spacial score (nSPS) is 18.6. The van der Waals surface area contributed by atoms with Crippen molar-refractivity contribution in [1.29, 1.82) is 0 Å². The first-order chi connectivity index (χ1) is 16.5. The molecule has 34 heavy (non-hydrogen) atoms. The average molecular weight is 498 g/mol. The van der Waals surface area contributed by atoms with Gasteiger partial charge in [0.25, 0.3) is 5.91 Å². The van der Waals surface area contributed by atoms with Crippen LogP contribution in [0.25, 0.3) is 0 Å². The van der Waals surface area contributed by atoms with Gasteiger partial charge < -0.3 is 14.4 Å². The second kappa shape index (κ2) is 10.6. The Balaban J connectivity index is 1.70. The molecule has 0 saturated carbocycles. The van der Waals surface area contributed by atoms with Gasteiger partial charge in [-0.15, -0.1) is 0 Å². The zero-order valence-corrected chi connectivity index (χ0v) is 21.3. The Morgan fingerprint density at radius 3 is 2.44 bits per heavy atom. The lowest BCUT2D eigenvalue weighted by Gasteiger charge is -2.19. The highest BCUT2D eigenvalue weighted by Gasteiger charge is 2.39. The number of ether oxygens (including phenoxy) is 2. The first kappa shape index (κ1) is 24.2. The van der Waals surface area contributed by atoms with E-state index in [-0.39, 0.29) is 5.91 Å². The van der Waals surface area contributed by atoms with E-state index in [1.807, 2.05) is 18.2 Å². The lowest BCUT2D eigenvalue weighted by molar-refractivity contribution is -0.122. The Morgan fingerprint density at radius 1 is 1.03 bits per heavy atom. The van der Waals surface area contributed by atoms with Crippen molar-refractivity contribution in [3.05, 3.63) is 58.0 Å². The second-order valence-electron chi connectivity index (χ2n) is 7.66. The molecular weight excluding hydrogens is 470 g/mol. The van der Waals surface area contributed by atoms with Crippen molar-refractivity contribution in [2.24, 2.45) is 4.99 Å². The SMILES string of the molecule is CCCCN1C(=O)C(=C2Sc3ccc(OC)cc3N2CC)SC1=Nc1ccc(C(=O)OC)cc1. The van der Waals surface area contributed by atoms with Crippen molar-refractivity contribution in [2.75, 3.05) is 32.2 Å². The molecule has 0 unspecified atom stereocenters. The molecule has 2 aromatic carbocycles. The maximum absolute atomic E-state index is 13.6. The van der Waals surface area contributed by atoms with Crippen molar-refractivity contribution in [2.45, 2.75) is 31.6 Å². The third kappa shape index (κ3) is 4.67. The number of hydrogen-bond donors (Lipinski definition) is 0. The number of benzene rings is 2. The smallest absolute Gasteiger partial charge is 0.337 e. The summed E-state index contributed by atoms with van der Waals surface area (Å²) in [6.07, 6.45) is 1.86. The zero-order valence-electron chi connectivity index (χ0n) is 19.7. The molecule has 2 heterocycles. The number of aliphatic imine (C=N–C) groups is 1. The van der Waals surface area contributed by atoms with E-state index in [4.69, 9.17) is 14.5 Å². The number of rotatable bonds is 7. The Morgan fingerprint density at radius 2 is 1.79 bits per heavy atom. The molecule has 0 bridgehead atoms. The largest absolute Gasteiger partial charge is 0.497 e. The van der Waals surface area contributed by atoms with Crippen LogP contribution in [0.2, 0.25) is 0 Å². The summed E-state index contributed by atoms with van der Waals surface area (Å²) < 4.78 is 10.2. The fourth-order valence-corrected chi connectivity index (χ4v) is 6.10. The average Bonchev–Trinajstić information content (AvgIpc) is 3.38. The quantitative estimate of drug-likeness (QED) is 0.362. The number of anilines is 1. The zero-order chi connectivity index (χ0) is 24.2. The molecule has 178 valence electrons. The van der Waals surface area contributed by atoms with Gasteiger partial charge in [0.2, 0.25) is 0 Å². The molecule has 0 spiro atoms. The Kier molecular flexibility index (Phi) is 7.53. The molecule has 7 nitrogen and oxygen atoms in total. The lowest BCUT2D eigenvalue weighted by atomic mass is 10.2. The molecule has 1 amide bonds. The van der Waals surface area contributed by atoms with Gasteiger partial charge in [-0.1, -0.05) is 25.1 Å². The standard InChI is InChI=1S/C25H27N3O4S2/c1-5-7-14-28-22(29)21(23-27(6-2)19-15-18(31-3)12-13-20(19)33-23)34-25(28)26-17-10-8-16(9-11-17)24(30)32-4/h8-13,15H,5-7,14H2,1-4H3. The molecule has 0 aromatic heterocycles. The van der Waals surface area contributed by atoms with E-state index in [1.165, 1.54) is 18.9 Å². The monoisotopic (exact) mass is 497 g/mol. The van der Waals surface area contributed by atoms with Gasteiger partial charge in [-0.3, -0.25) is 9.69 Å². The fourth-order valence-electron chi connectivity index (χ4n) is 3.70. The van der Waals surface area contributed by atoms with Crippen molar-refractivity contribution >= 4 is 51.9 Å². The highest BCUT2D eigenvalue weighted by molar-refractivity contribution is 8.19. The van der Waals surface area contributed by atoms with Gasteiger partial charge in [0.15, 0.2) is 5.17 Å². The first-order valence-corrected chi connectivity index (χ1v) is 12.8. The van der Waals surface area contributed by atoms with Crippen LogP contribution in [0.1, 0.15) is 37.0 Å². The minimum atomic E-state index is -0.393. The maximum Gasteiger partial charge on any atom is 0.337 e. The molecule has 2 aromatic rings. The van der Waals surface area contributed by atoms with E-state index in [0.717, 1.165) is 40.7 Å². The molecular formula is C25H27N3O4S2. The molecule has 2 aliphatic heterocycles. The Hall–Kier alpha value is -2.91. The molecule has 2 aliphatic rings. The van der Waals surface area contributed by atoms with Crippen molar-refractivity contribution in [1.82, 2.24) is 4.90 Å². The summed E-state index contributed by atoms with van der Waals surface area (Å²) in [7, 11) is 3.01. The number of unbranched alkanes of at least 4 members (excludes halogenated alkanes) is 1. The number of fused-ring (bicyclic) bond motifs is 1. The summed E-state index contributed by atoms with van der Waals surface area (Å²) in [5.41, 5.74) is 2.18. The first-order valence-electron chi connectivity index (χ1n) is 11.1. The summed E-state index contributed by atoms with van der Waals surface area (Å²) in [6, 6.07) is 12.9. The highest BCUT2D eigenvalue weighted by Crippen LogP contribution is 2.51. The highest BCUT2D eigenvalue weighted by atomic mass is 32.2. The van der Waals surface area contributed by atoms with Crippen LogP contribution in [-0.2, 0) is 9.53 Å². The van der Waals surface area contributed by atoms with E-state index in [0.29, 0.717) is 27.9 Å². The van der Waals surface area contributed by atoms with Crippen LogP contribution in [0.4, 0.5) is 11.4 Å². The molecule has 1 saturated heterocycles. The van der Waals surface area contributed by atoms with Gasteiger partial charge in [-0.2, -0.15) is 0 Å². The molecule has 0 radical (unpaired) electrons. The fraction of sp³-hybridized carbons (Fsp3) is 0.320. The molecule has 0 atom stereocenters. The van der Waals surface area contributed by atoms with Crippen molar-refractivity contribution < 1.29 is 19.1 Å². The van der Waals surface area contributed by atoms with E-state index in [1.54, 1.807) is 48.0 Å². The summed E-state index contributed by atoms with van der Waals surface area (Å²) in [5, 5.41) is 1.57. The number of esters is 1. The predicted octanol–water partition coefficient (Wildman–Crippen LogP) is 5.65. The van der Waals surface area contributed by atoms with E-state index >= 15 is 0 Å². The van der Waals surface area contributed by atoms with E-state index < -0.39 is 5.97 Å². The van der Waals surface area contributed by atoms with Crippen LogP contribution in [0.15, 0.2) is 62.3 Å². The number of nitrogens with zero attached hydrogens (tertiary/aromatic N) is 3. The van der Waals surface area contributed by atoms with Crippen molar-refractivity contribution in [3.8, 4) is 5.75 Å². The third-order valence-corrected chi connectivity index (χ3v) is 7.91. The van der Waals surface area contributed by atoms with Crippen LogP contribution < -0.4 is 9.64 Å². The van der Waals surface area contributed by atoms with Crippen molar-refractivity contribution in [3.63, 3.8) is 0 Å². The number of carbonyl (C=O) groups is 2. The minimum Gasteiger partial charge on any atom is -0.497 e. The van der Waals surface area contributed by atoms with E-state index in [9.17, 15) is 9.59 Å². The van der Waals surface area contributed by atoms with Gasteiger partial charge in [-0.25, -0.2) is 9.79 Å². The van der Waals surface area contributed by atoms with Gasteiger partial charge in [-0.05, 0) is 61.5 Å². The summed E-state index contributed by atoms with van der Waals surface area (Å²) >= 11 is 3.01. The van der Waals surface area contributed by atoms with Gasteiger partial charge in [0.05, 0.1) is 31.2 Å². The van der Waals surface area contributed by atoms with Gasteiger partial charge in [0, 0.05) is 24.1 Å². The summed E-state index contributed by atoms with van der Waals surface area (Å²) in [4.78, 5) is 35.8. The molecule has 0 aliphatic carbocycles. The minimum absolute atomic E-state index is 0.0240. The van der Waals surface area contributed by atoms with Crippen LogP contribution in [0.3, 0.4) is 0 Å². The summed E-state index contributed by atoms with van der Waals surface area (Å²) in [5.74, 6) is 0.371. The van der Waals surface area contributed by atoms with Gasteiger partial charge in [0.1, 0.15) is 15.7 Å². The third-order valence-electron chi connectivity index (χ3n) is 5.53. The number of hydrogen-bond acceptors (Lipinski definition) is 8. The molecule has 0 N–H and O–H groups in total. The number of amidine groups is 1. The lowest BCUT2D eigenvalue weighted by Crippen LogP contribution is -2.30. The van der Waals surface area contributed by atoms with Gasteiger partial charge >= 0.3 is 5.97 Å². The molecule has 9 heteroatoms. The molecule has 4 rings (SSSR count). The second-order valence-corrected chi connectivity index (χ2v) is 9.67. The van der Waals surface area contributed by atoms with Crippen LogP contribution in [0, 0.1) is 0 Å². The van der Waals surface area contributed by atoms with E-state index in [2.05, 4.69) is 18.7 Å². The Bertz CT molecular complexity index is 1160. The number of thioether (sulfide) groups is 2. The predicted molar refractivity (Wildman–Crippen MR) is 138 cm³/mol. The number of carbonyl (C=O) groups excluding carboxylic acids is 2. The summed E-state index contributed by atoms with van der Waals surface area (Å²) in [6.45, 7) is 5.52.